The lowest BCUT2D eigenvalue weighted by atomic mass is 10.2. The number of rotatable bonds is 4. The van der Waals surface area contributed by atoms with Crippen molar-refractivity contribution in [1.29, 1.82) is 0 Å². The van der Waals surface area contributed by atoms with Crippen molar-refractivity contribution >= 4 is 34.5 Å². The van der Waals surface area contributed by atoms with Crippen LogP contribution in [0.15, 0.2) is 23.7 Å². The molecule has 2 rings (SSSR count). The molecule has 0 radical (unpaired) electrons. The van der Waals surface area contributed by atoms with Crippen molar-refractivity contribution in [2.75, 3.05) is 0 Å². The number of nitrogens with one attached hydrogen (secondary N) is 1. The molecule has 1 heterocycles. The summed E-state index contributed by atoms with van der Waals surface area (Å²) in [5.74, 6) is 0. The Morgan fingerprint density at radius 1 is 1.29 bits per heavy atom. The molecule has 5 heteroatoms. The summed E-state index contributed by atoms with van der Waals surface area (Å²) < 4.78 is 0. The van der Waals surface area contributed by atoms with E-state index in [0.29, 0.717) is 11.6 Å². The van der Waals surface area contributed by atoms with E-state index in [-0.39, 0.29) is 0 Å². The Bertz CT molecular complexity index is 511. The van der Waals surface area contributed by atoms with Crippen LogP contribution < -0.4 is 5.32 Å². The minimum Gasteiger partial charge on any atom is -0.308 e. The second-order valence-corrected chi connectivity index (χ2v) is 5.48. The van der Waals surface area contributed by atoms with Crippen LogP contribution in [0.2, 0.25) is 10.0 Å². The van der Waals surface area contributed by atoms with Gasteiger partial charge in [-0.3, -0.25) is 0 Å². The van der Waals surface area contributed by atoms with Crippen molar-refractivity contribution in [2.45, 2.75) is 20.0 Å². The highest BCUT2D eigenvalue weighted by Crippen LogP contribution is 2.20. The number of benzene rings is 1. The summed E-state index contributed by atoms with van der Waals surface area (Å²) in [4.78, 5) is 5.46. The van der Waals surface area contributed by atoms with Crippen molar-refractivity contribution in [3.8, 4) is 0 Å². The molecule has 0 amide bonds. The van der Waals surface area contributed by atoms with E-state index in [9.17, 15) is 0 Å². The van der Waals surface area contributed by atoms with Gasteiger partial charge in [-0.25, -0.2) is 4.98 Å². The van der Waals surface area contributed by atoms with Gasteiger partial charge in [0, 0.05) is 28.0 Å². The Kier molecular flexibility index (Phi) is 4.40. The van der Waals surface area contributed by atoms with Crippen molar-refractivity contribution in [2.24, 2.45) is 0 Å². The van der Waals surface area contributed by atoms with E-state index in [0.717, 1.165) is 22.8 Å². The van der Waals surface area contributed by atoms with Gasteiger partial charge in [0.15, 0.2) is 0 Å². The van der Waals surface area contributed by atoms with E-state index in [2.05, 4.69) is 10.3 Å². The second kappa shape index (κ2) is 5.83. The Morgan fingerprint density at radius 3 is 2.82 bits per heavy atom. The van der Waals surface area contributed by atoms with Gasteiger partial charge in [-0.15, -0.1) is 11.3 Å². The van der Waals surface area contributed by atoms with Crippen LogP contribution in [0.25, 0.3) is 0 Å². The Hall–Kier alpha value is -0.610. The molecule has 0 fully saturated rings. The monoisotopic (exact) mass is 286 g/mol. The van der Waals surface area contributed by atoms with Crippen molar-refractivity contribution < 1.29 is 0 Å². The lowest BCUT2D eigenvalue weighted by Crippen LogP contribution is -2.12. The van der Waals surface area contributed by atoms with Gasteiger partial charge in [0.1, 0.15) is 0 Å². The van der Waals surface area contributed by atoms with Crippen molar-refractivity contribution in [3.63, 3.8) is 0 Å². The molecule has 90 valence electrons. The molecular formula is C12H12Cl2N2S. The second-order valence-electron chi connectivity index (χ2n) is 3.70. The van der Waals surface area contributed by atoms with E-state index in [4.69, 9.17) is 23.2 Å². The highest BCUT2D eigenvalue weighted by atomic mass is 35.5. The largest absolute Gasteiger partial charge is 0.308 e. The molecule has 0 aliphatic heterocycles. The summed E-state index contributed by atoms with van der Waals surface area (Å²) in [5, 5.41) is 4.79. The van der Waals surface area contributed by atoms with Crippen molar-refractivity contribution in [1.82, 2.24) is 10.3 Å². The van der Waals surface area contributed by atoms with Gasteiger partial charge in [0.05, 0.1) is 11.2 Å². The number of halogens is 2. The molecule has 0 saturated carbocycles. The van der Waals surface area contributed by atoms with Crippen LogP contribution in [0.3, 0.4) is 0 Å². The first-order chi connectivity index (χ1) is 8.16. The van der Waals surface area contributed by atoms with Gasteiger partial charge >= 0.3 is 0 Å². The molecule has 2 nitrogen and oxygen atoms in total. The SMILES string of the molecule is Cc1ncsc1CNCc1cc(Cl)ccc1Cl. The number of aryl methyl sites for hydroxylation is 1. The minimum absolute atomic E-state index is 0.705. The molecule has 0 bridgehead atoms. The Morgan fingerprint density at radius 2 is 2.12 bits per heavy atom. The number of aromatic nitrogens is 1. The zero-order valence-electron chi connectivity index (χ0n) is 9.34. The summed E-state index contributed by atoms with van der Waals surface area (Å²) in [6.07, 6.45) is 0. The quantitative estimate of drug-likeness (QED) is 0.917. The molecular weight excluding hydrogens is 275 g/mol. The van der Waals surface area contributed by atoms with Crippen LogP contribution in [0.5, 0.6) is 0 Å². The van der Waals surface area contributed by atoms with Gasteiger partial charge in [-0.05, 0) is 30.7 Å². The molecule has 2 aromatic rings. The maximum Gasteiger partial charge on any atom is 0.0798 e. The third-order valence-corrected chi connectivity index (χ3v) is 3.99. The predicted molar refractivity (Wildman–Crippen MR) is 73.9 cm³/mol. The standard InChI is InChI=1S/C12H12Cl2N2S/c1-8-12(17-7-16-8)6-15-5-9-4-10(13)2-3-11(9)14/h2-4,7,15H,5-6H2,1H3. The van der Waals surface area contributed by atoms with E-state index in [1.807, 2.05) is 24.6 Å². The first kappa shape index (κ1) is 12.8. The molecule has 0 atom stereocenters. The Balaban J connectivity index is 1.94. The molecule has 0 unspecified atom stereocenters. The molecule has 1 aromatic carbocycles. The van der Waals surface area contributed by atoms with E-state index >= 15 is 0 Å². The molecule has 1 aromatic heterocycles. The third-order valence-electron chi connectivity index (χ3n) is 2.45. The molecule has 0 aliphatic rings. The van der Waals surface area contributed by atoms with E-state index < -0.39 is 0 Å². The number of hydrogen-bond acceptors (Lipinski definition) is 3. The molecule has 1 N–H and O–H groups in total. The van der Waals surface area contributed by atoms with Crippen LogP contribution in [0.4, 0.5) is 0 Å². The summed E-state index contributed by atoms with van der Waals surface area (Å²) >= 11 is 13.7. The van der Waals surface area contributed by atoms with Gasteiger partial charge in [0.2, 0.25) is 0 Å². The molecule has 0 spiro atoms. The zero-order chi connectivity index (χ0) is 12.3. The fourth-order valence-electron chi connectivity index (χ4n) is 1.49. The maximum atomic E-state index is 6.08. The van der Waals surface area contributed by atoms with Crippen LogP contribution in [-0.2, 0) is 13.1 Å². The first-order valence-electron chi connectivity index (χ1n) is 5.20. The van der Waals surface area contributed by atoms with E-state index in [1.165, 1.54) is 4.88 Å². The highest BCUT2D eigenvalue weighted by molar-refractivity contribution is 7.09. The topological polar surface area (TPSA) is 24.9 Å². The smallest absolute Gasteiger partial charge is 0.0798 e. The molecule has 17 heavy (non-hydrogen) atoms. The maximum absolute atomic E-state index is 6.08. The summed E-state index contributed by atoms with van der Waals surface area (Å²) in [5.41, 5.74) is 3.96. The van der Waals surface area contributed by atoms with Gasteiger partial charge in [0.25, 0.3) is 0 Å². The normalized spacial score (nSPS) is 10.8. The number of thiazole rings is 1. The van der Waals surface area contributed by atoms with Gasteiger partial charge in [-0.1, -0.05) is 23.2 Å². The zero-order valence-corrected chi connectivity index (χ0v) is 11.7. The number of hydrogen-bond donors (Lipinski definition) is 1. The molecule has 0 saturated heterocycles. The molecule has 0 aliphatic carbocycles. The summed E-state index contributed by atoms with van der Waals surface area (Å²) in [6.45, 7) is 3.52. The van der Waals surface area contributed by atoms with Crippen LogP contribution in [0, 0.1) is 6.92 Å². The third kappa shape index (κ3) is 3.42. The van der Waals surface area contributed by atoms with Crippen molar-refractivity contribution in [3.05, 3.63) is 49.9 Å². The summed E-state index contributed by atoms with van der Waals surface area (Å²) in [7, 11) is 0. The lowest BCUT2D eigenvalue weighted by Gasteiger charge is -2.06. The van der Waals surface area contributed by atoms with Crippen LogP contribution >= 0.6 is 34.5 Å². The van der Waals surface area contributed by atoms with Crippen LogP contribution in [-0.4, -0.2) is 4.98 Å². The fraction of sp³-hybridized carbons (Fsp3) is 0.250. The predicted octanol–water partition coefficient (Wildman–Crippen LogP) is 4.05. The number of nitrogens with zero attached hydrogens (tertiary/aromatic N) is 1. The van der Waals surface area contributed by atoms with Crippen LogP contribution in [0.1, 0.15) is 16.1 Å². The average molecular weight is 287 g/mol. The fourth-order valence-corrected chi connectivity index (χ4v) is 2.61. The lowest BCUT2D eigenvalue weighted by molar-refractivity contribution is 0.697. The van der Waals surface area contributed by atoms with Gasteiger partial charge in [-0.2, -0.15) is 0 Å². The van der Waals surface area contributed by atoms with Gasteiger partial charge < -0.3 is 5.32 Å². The Labute approximate surface area is 115 Å². The first-order valence-corrected chi connectivity index (χ1v) is 6.84. The van der Waals surface area contributed by atoms with E-state index in [1.54, 1.807) is 17.4 Å². The highest BCUT2D eigenvalue weighted by Gasteiger charge is 2.03. The summed E-state index contributed by atoms with van der Waals surface area (Å²) in [6, 6.07) is 5.50. The average Bonchev–Trinajstić information content (AvgIpc) is 2.70. The minimum atomic E-state index is 0.705.